The minimum atomic E-state index is -0.916. The number of pyridine rings is 1. The van der Waals surface area contributed by atoms with Crippen molar-refractivity contribution in [3.63, 3.8) is 0 Å². The quantitative estimate of drug-likeness (QED) is 0.865. The standard InChI is InChI=1S/C14H14N2O2/c17-14(18)11-2-1-3-12-10(11)6-7-13(16-12)15-8-9-4-5-9/h1-3,6-7,9H,4-5,8H2,(H,15,16)(H,17,18). The molecule has 0 aliphatic heterocycles. The summed E-state index contributed by atoms with van der Waals surface area (Å²) < 4.78 is 0. The summed E-state index contributed by atoms with van der Waals surface area (Å²) in [6.45, 7) is 0.955. The van der Waals surface area contributed by atoms with Gasteiger partial charge in [-0.2, -0.15) is 0 Å². The second kappa shape index (κ2) is 4.29. The maximum atomic E-state index is 11.1. The molecule has 0 bridgehead atoms. The Morgan fingerprint density at radius 1 is 1.33 bits per heavy atom. The SMILES string of the molecule is O=C(O)c1cccc2nc(NCC3CC3)ccc12. The van der Waals surface area contributed by atoms with Crippen LogP contribution in [0.4, 0.5) is 5.82 Å². The van der Waals surface area contributed by atoms with Crippen molar-refractivity contribution in [1.82, 2.24) is 4.98 Å². The minimum Gasteiger partial charge on any atom is -0.478 e. The number of aromatic carboxylic acids is 1. The molecule has 0 unspecified atom stereocenters. The topological polar surface area (TPSA) is 62.2 Å². The van der Waals surface area contributed by atoms with Gasteiger partial charge in [0.15, 0.2) is 0 Å². The summed E-state index contributed by atoms with van der Waals surface area (Å²) in [6.07, 6.45) is 2.59. The molecular weight excluding hydrogens is 228 g/mol. The Morgan fingerprint density at radius 3 is 2.89 bits per heavy atom. The molecule has 3 rings (SSSR count). The van der Waals surface area contributed by atoms with Gasteiger partial charge in [0, 0.05) is 11.9 Å². The van der Waals surface area contributed by atoms with Gasteiger partial charge in [0.05, 0.1) is 11.1 Å². The van der Waals surface area contributed by atoms with E-state index in [9.17, 15) is 4.79 Å². The van der Waals surface area contributed by atoms with Crippen LogP contribution in [-0.2, 0) is 0 Å². The number of hydrogen-bond acceptors (Lipinski definition) is 3. The molecule has 4 nitrogen and oxygen atoms in total. The highest BCUT2D eigenvalue weighted by Gasteiger charge is 2.20. The summed E-state index contributed by atoms with van der Waals surface area (Å²) >= 11 is 0. The summed E-state index contributed by atoms with van der Waals surface area (Å²) in [7, 11) is 0. The molecule has 92 valence electrons. The summed E-state index contributed by atoms with van der Waals surface area (Å²) in [5.41, 5.74) is 1.02. The van der Waals surface area contributed by atoms with E-state index in [0.717, 1.165) is 23.8 Å². The first-order chi connectivity index (χ1) is 8.74. The van der Waals surface area contributed by atoms with Crippen LogP contribution in [0.15, 0.2) is 30.3 Å². The van der Waals surface area contributed by atoms with Gasteiger partial charge < -0.3 is 10.4 Å². The molecule has 1 aromatic carbocycles. The van der Waals surface area contributed by atoms with Crippen molar-refractivity contribution in [3.8, 4) is 0 Å². The van der Waals surface area contributed by atoms with E-state index >= 15 is 0 Å². The molecule has 0 spiro atoms. The second-order valence-corrected chi connectivity index (χ2v) is 4.70. The molecule has 1 saturated carbocycles. The van der Waals surface area contributed by atoms with Crippen LogP contribution in [0.1, 0.15) is 23.2 Å². The molecular formula is C14H14N2O2. The maximum absolute atomic E-state index is 11.1. The lowest BCUT2D eigenvalue weighted by Crippen LogP contribution is -2.05. The van der Waals surface area contributed by atoms with Crippen molar-refractivity contribution >= 4 is 22.7 Å². The zero-order chi connectivity index (χ0) is 12.5. The van der Waals surface area contributed by atoms with Crippen LogP contribution in [0, 0.1) is 5.92 Å². The van der Waals surface area contributed by atoms with Crippen molar-refractivity contribution in [1.29, 1.82) is 0 Å². The van der Waals surface area contributed by atoms with Crippen LogP contribution < -0.4 is 5.32 Å². The van der Waals surface area contributed by atoms with Gasteiger partial charge in [-0.3, -0.25) is 0 Å². The van der Waals surface area contributed by atoms with Crippen LogP contribution in [0.3, 0.4) is 0 Å². The van der Waals surface area contributed by atoms with Crippen molar-refractivity contribution in [2.75, 3.05) is 11.9 Å². The number of anilines is 1. The van der Waals surface area contributed by atoms with Gasteiger partial charge in [0.1, 0.15) is 5.82 Å². The molecule has 1 heterocycles. The number of carboxylic acids is 1. The molecule has 2 aromatic rings. The molecule has 1 fully saturated rings. The van der Waals surface area contributed by atoms with Crippen molar-refractivity contribution in [2.24, 2.45) is 5.92 Å². The largest absolute Gasteiger partial charge is 0.478 e. The number of hydrogen-bond donors (Lipinski definition) is 2. The van der Waals surface area contributed by atoms with Gasteiger partial charge in [0.2, 0.25) is 0 Å². The lowest BCUT2D eigenvalue weighted by molar-refractivity contribution is 0.0699. The van der Waals surface area contributed by atoms with E-state index in [1.54, 1.807) is 12.1 Å². The Balaban J connectivity index is 1.93. The number of nitrogens with zero attached hydrogens (tertiary/aromatic N) is 1. The van der Waals surface area contributed by atoms with Crippen LogP contribution in [0.5, 0.6) is 0 Å². The van der Waals surface area contributed by atoms with Crippen LogP contribution in [-0.4, -0.2) is 22.6 Å². The Morgan fingerprint density at radius 2 is 2.17 bits per heavy atom. The molecule has 1 aliphatic carbocycles. The van der Waals surface area contributed by atoms with Gasteiger partial charge >= 0.3 is 5.97 Å². The molecule has 18 heavy (non-hydrogen) atoms. The van der Waals surface area contributed by atoms with Gasteiger partial charge in [0.25, 0.3) is 0 Å². The third kappa shape index (κ3) is 2.14. The van der Waals surface area contributed by atoms with E-state index in [4.69, 9.17) is 5.11 Å². The zero-order valence-corrected chi connectivity index (χ0v) is 9.89. The van der Waals surface area contributed by atoms with Crippen LogP contribution >= 0.6 is 0 Å². The Labute approximate surface area is 105 Å². The molecule has 4 heteroatoms. The van der Waals surface area contributed by atoms with Gasteiger partial charge in [-0.05, 0) is 43.0 Å². The van der Waals surface area contributed by atoms with E-state index in [1.165, 1.54) is 12.8 Å². The first-order valence-corrected chi connectivity index (χ1v) is 6.11. The van der Waals surface area contributed by atoms with Gasteiger partial charge in [-0.25, -0.2) is 9.78 Å². The minimum absolute atomic E-state index is 0.300. The number of nitrogens with one attached hydrogen (secondary N) is 1. The van der Waals surface area contributed by atoms with E-state index < -0.39 is 5.97 Å². The summed E-state index contributed by atoms with van der Waals surface area (Å²) in [5, 5.41) is 13.1. The highest BCUT2D eigenvalue weighted by Crippen LogP contribution is 2.29. The number of carboxylic acid groups (broad SMARTS) is 1. The number of benzene rings is 1. The number of carbonyl (C=O) groups is 1. The molecule has 0 radical (unpaired) electrons. The summed E-state index contributed by atoms with van der Waals surface area (Å²) in [5.74, 6) is 0.686. The number of fused-ring (bicyclic) bond motifs is 1. The highest BCUT2D eigenvalue weighted by atomic mass is 16.4. The molecule has 0 amide bonds. The monoisotopic (exact) mass is 242 g/mol. The van der Waals surface area contributed by atoms with Crippen molar-refractivity contribution in [2.45, 2.75) is 12.8 Å². The predicted molar refractivity (Wildman–Crippen MR) is 69.9 cm³/mol. The van der Waals surface area contributed by atoms with Crippen molar-refractivity contribution in [3.05, 3.63) is 35.9 Å². The van der Waals surface area contributed by atoms with E-state index in [-0.39, 0.29) is 0 Å². The Hall–Kier alpha value is -2.10. The normalized spacial score (nSPS) is 14.7. The second-order valence-electron chi connectivity index (χ2n) is 4.70. The lowest BCUT2D eigenvalue weighted by Gasteiger charge is -2.07. The Kier molecular flexibility index (Phi) is 2.63. The van der Waals surface area contributed by atoms with Crippen LogP contribution in [0.2, 0.25) is 0 Å². The molecule has 1 aliphatic rings. The highest BCUT2D eigenvalue weighted by molar-refractivity contribution is 6.02. The number of rotatable bonds is 4. The predicted octanol–water partition coefficient (Wildman–Crippen LogP) is 2.75. The first kappa shape index (κ1) is 11.0. The smallest absolute Gasteiger partial charge is 0.336 e. The number of aromatic nitrogens is 1. The fourth-order valence-electron chi connectivity index (χ4n) is 2.01. The van der Waals surface area contributed by atoms with Gasteiger partial charge in [-0.15, -0.1) is 0 Å². The summed E-state index contributed by atoms with van der Waals surface area (Å²) in [6, 6.07) is 8.83. The maximum Gasteiger partial charge on any atom is 0.336 e. The third-order valence-electron chi connectivity index (χ3n) is 3.23. The van der Waals surface area contributed by atoms with E-state index in [0.29, 0.717) is 10.9 Å². The molecule has 1 aromatic heterocycles. The first-order valence-electron chi connectivity index (χ1n) is 6.11. The van der Waals surface area contributed by atoms with Crippen molar-refractivity contribution < 1.29 is 9.90 Å². The zero-order valence-electron chi connectivity index (χ0n) is 9.89. The van der Waals surface area contributed by atoms with E-state index in [1.807, 2.05) is 18.2 Å². The van der Waals surface area contributed by atoms with Crippen LogP contribution in [0.25, 0.3) is 10.9 Å². The molecule has 2 N–H and O–H groups in total. The van der Waals surface area contributed by atoms with Gasteiger partial charge in [-0.1, -0.05) is 6.07 Å². The molecule has 0 saturated heterocycles. The molecule has 0 atom stereocenters. The van der Waals surface area contributed by atoms with E-state index in [2.05, 4.69) is 10.3 Å². The lowest BCUT2D eigenvalue weighted by atomic mass is 10.1. The summed E-state index contributed by atoms with van der Waals surface area (Å²) in [4.78, 5) is 15.5. The Bertz CT molecular complexity index is 606. The fourth-order valence-corrected chi connectivity index (χ4v) is 2.01. The third-order valence-corrected chi connectivity index (χ3v) is 3.23. The average Bonchev–Trinajstić information content (AvgIpc) is 3.19. The fraction of sp³-hybridized carbons (Fsp3) is 0.286. The average molecular weight is 242 g/mol.